The van der Waals surface area contributed by atoms with Gasteiger partial charge in [-0.05, 0) is 68.4 Å². The molecule has 4 heteroatoms. The van der Waals surface area contributed by atoms with E-state index in [2.05, 4.69) is 39.6 Å². The molecule has 0 aliphatic carbocycles. The van der Waals surface area contributed by atoms with Gasteiger partial charge >= 0.3 is 0 Å². The summed E-state index contributed by atoms with van der Waals surface area (Å²) in [6.45, 7) is 5.62. The van der Waals surface area contributed by atoms with E-state index in [-0.39, 0.29) is 0 Å². The summed E-state index contributed by atoms with van der Waals surface area (Å²) in [6, 6.07) is 11.6. The summed E-state index contributed by atoms with van der Waals surface area (Å²) in [5, 5.41) is 8.11. The maximum absolute atomic E-state index is 4.34. The summed E-state index contributed by atoms with van der Waals surface area (Å²) < 4.78 is 2.00. The lowest BCUT2D eigenvalue weighted by Gasteiger charge is -2.44. The summed E-state index contributed by atoms with van der Waals surface area (Å²) in [7, 11) is 0. The third-order valence-corrected chi connectivity index (χ3v) is 5.96. The monoisotopic (exact) mass is 338 g/mol. The fourth-order valence-electron chi connectivity index (χ4n) is 4.66. The number of fused-ring (bicyclic) bond motifs is 1. The van der Waals surface area contributed by atoms with Crippen LogP contribution in [0.5, 0.6) is 0 Å². The van der Waals surface area contributed by atoms with Crippen molar-refractivity contribution in [2.24, 2.45) is 5.92 Å². The van der Waals surface area contributed by atoms with Gasteiger partial charge in [0.25, 0.3) is 0 Å². The Hall–Kier alpha value is -1.65. The average Bonchev–Trinajstić information content (AvgIpc) is 3.16. The van der Waals surface area contributed by atoms with Crippen molar-refractivity contribution in [3.8, 4) is 0 Å². The number of hydrogen-bond donors (Lipinski definition) is 1. The number of nitrogens with zero attached hydrogens (tertiary/aromatic N) is 3. The SMILES string of the molecule is c1ccc(Cn2cccn2)c(CNC[C@@H]2CCCN3CCCC[C@H]23)c1. The number of hydrogen-bond acceptors (Lipinski definition) is 3. The normalized spacial score (nSPS) is 24.2. The first-order chi connectivity index (χ1) is 12.4. The van der Waals surface area contributed by atoms with E-state index in [0.717, 1.165) is 31.6 Å². The minimum absolute atomic E-state index is 0.826. The van der Waals surface area contributed by atoms with E-state index in [0.29, 0.717) is 0 Å². The second-order valence-corrected chi connectivity index (χ2v) is 7.60. The molecule has 0 amide bonds. The van der Waals surface area contributed by atoms with Gasteiger partial charge in [-0.25, -0.2) is 0 Å². The van der Waals surface area contributed by atoms with Gasteiger partial charge in [-0.2, -0.15) is 5.10 Å². The molecule has 0 bridgehead atoms. The molecule has 4 rings (SSSR count). The summed E-state index contributed by atoms with van der Waals surface area (Å²) in [5.74, 6) is 0.826. The molecular weight excluding hydrogens is 308 g/mol. The molecule has 2 aliphatic rings. The predicted octanol–water partition coefficient (Wildman–Crippen LogP) is 3.29. The number of nitrogens with one attached hydrogen (secondary N) is 1. The van der Waals surface area contributed by atoms with E-state index in [4.69, 9.17) is 0 Å². The van der Waals surface area contributed by atoms with Crippen molar-refractivity contribution in [3.05, 3.63) is 53.9 Å². The van der Waals surface area contributed by atoms with Crippen LogP contribution in [0, 0.1) is 5.92 Å². The maximum atomic E-state index is 4.34. The molecule has 2 aromatic rings. The topological polar surface area (TPSA) is 33.1 Å². The van der Waals surface area contributed by atoms with Gasteiger partial charge in [-0.1, -0.05) is 30.7 Å². The van der Waals surface area contributed by atoms with E-state index in [1.165, 1.54) is 56.3 Å². The molecule has 2 aliphatic heterocycles. The third kappa shape index (κ3) is 4.13. The maximum Gasteiger partial charge on any atom is 0.0662 e. The van der Waals surface area contributed by atoms with E-state index >= 15 is 0 Å². The van der Waals surface area contributed by atoms with E-state index in [1.54, 1.807) is 0 Å². The molecule has 0 radical (unpaired) electrons. The van der Waals surface area contributed by atoms with Crippen LogP contribution < -0.4 is 5.32 Å². The van der Waals surface area contributed by atoms with Crippen LogP contribution in [-0.2, 0) is 13.1 Å². The highest BCUT2D eigenvalue weighted by Crippen LogP contribution is 2.30. The molecule has 1 aromatic carbocycles. The van der Waals surface area contributed by atoms with E-state index in [9.17, 15) is 0 Å². The summed E-state index contributed by atoms with van der Waals surface area (Å²) >= 11 is 0. The molecular formula is C21H30N4. The zero-order valence-electron chi connectivity index (χ0n) is 15.1. The molecule has 0 unspecified atom stereocenters. The molecule has 1 aromatic heterocycles. The number of benzene rings is 1. The first kappa shape index (κ1) is 16.8. The predicted molar refractivity (Wildman–Crippen MR) is 101 cm³/mol. The van der Waals surface area contributed by atoms with Crippen LogP contribution in [0.15, 0.2) is 42.7 Å². The summed E-state index contributed by atoms with van der Waals surface area (Å²) in [5.41, 5.74) is 2.76. The molecule has 2 atom stereocenters. The first-order valence-electron chi connectivity index (χ1n) is 9.89. The van der Waals surface area contributed by atoms with Gasteiger partial charge in [0.05, 0.1) is 6.54 Å². The van der Waals surface area contributed by atoms with Crippen LogP contribution in [0.4, 0.5) is 0 Å². The van der Waals surface area contributed by atoms with Crippen LogP contribution in [-0.4, -0.2) is 40.4 Å². The second kappa shape index (κ2) is 8.15. The van der Waals surface area contributed by atoms with Gasteiger partial charge in [-0.15, -0.1) is 0 Å². The van der Waals surface area contributed by atoms with Crippen LogP contribution >= 0.6 is 0 Å². The summed E-state index contributed by atoms with van der Waals surface area (Å²) in [4.78, 5) is 2.75. The molecule has 2 saturated heterocycles. The molecule has 0 spiro atoms. The van der Waals surface area contributed by atoms with Crippen molar-refractivity contribution in [1.29, 1.82) is 0 Å². The largest absolute Gasteiger partial charge is 0.312 e. The van der Waals surface area contributed by atoms with Gasteiger partial charge < -0.3 is 10.2 Å². The molecule has 25 heavy (non-hydrogen) atoms. The lowest BCUT2D eigenvalue weighted by atomic mass is 9.83. The number of aromatic nitrogens is 2. The van der Waals surface area contributed by atoms with Crippen molar-refractivity contribution in [3.63, 3.8) is 0 Å². The third-order valence-electron chi connectivity index (χ3n) is 5.96. The first-order valence-corrected chi connectivity index (χ1v) is 9.89. The summed E-state index contributed by atoms with van der Waals surface area (Å²) in [6.07, 6.45) is 10.9. The van der Waals surface area contributed by atoms with Gasteiger partial charge in [0.15, 0.2) is 0 Å². The Kier molecular flexibility index (Phi) is 5.48. The Morgan fingerprint density at radius 2 is 1.88 bits per heavy atom. The Morgan fingerprint density at radius 3 is 2.76 bits per heavy atom. The highest BCUT2D eigenvalue weighted by Gasteiger charge is 2.32. The number of rotatable bonds is 6. The minimum atomic E-state index is 0.826. The van der Waals surface area contributed by atoms with Crippen LogP contribution in [0.2, 0.25) is 0 Å². The molecule has 1 N–H and O–H groups in total. The molecule has 0 saturated carbocycles. The van der Waals surface area contributed by atoms with Gasteiger partial charge in [0.2, 0.25) is 0 Å². The van der Waals surface area contributed by atoms with Crippen LogP contribution in [0.25, 0.3) is 0 Å². The fourth-order valence-corrected chi connectivity index (χ4v) is 4.66. The zero-order valence-corrected chi connectivity index (χ0v) is 15.1. The minimum Gasteiger partial charge on any atom is -0.312 e. The lowest BCUT2D eigenvalue weighted by molar-refractivity contribution is 0.0593. The van der Waals surface area contributed by atoms with Gasteiger partial charge in [-0.3, -0.25) is 4.68 Å². The lowest BCUT2D eigenvalue weighted by Crippen LogP contribution is -2.50. The van der Waals surface area contributed by atoms with Crippen LogP contribution in [0.3, 0.4) is 0 Å². The van der Waals surface area contributed by atoms with Crippen LogP contribution in [0.1, 0.15) is 43.2 Å². The van der Waals surface area contributed by atoms with E-state index in [1.807, 2.05) is 23.1 Å². The highest BCUT2D eigenvalue weighted by molar-refractivity contribution is 5.27. The Morgan fingerprint density at radius 1 is 1.00 bits per heavy atom. The average molecular weight is 338 g/mol. The molecule has 2 fully saturated rings. The standard InChI is InChI=1S/C21H30N4/c1-2-8-20(17-25-14-6-11-23-25)18(7-1)15-22-16-19-9-5-13-24-12-4-3-10-21(19)24/h1-2,6-8,11,14,19,21-22H,3-5,9-10,12-13,15-17H2/t19-,21+/m0/s1. The fraction of sp³-hybridized carbons (Fsp3) is 0.571. The smallest absolute Gasteiger partial charge is 0.0662 e. The van der Waals surface area contributed by atoms with Crippen molar-refractivity contribution >= 4 is 0 Å². The number of piperidine rings is 2. The van der Waals surface area contributed by atoms with Gasteiger partial charge in [0, 0.05) is 25.0 Å². The molecule has 4 nitrogen and oxygen atoms in total. The Balaban J connectivity index is 1.34. The van der Waals surface area contributed by atoms with Crippen molar-refractivity contribution in [2.45, 2.75) is 51.2 Å². The quantitative estimate of drug-likeness (QED) is 0.877. The molecule has 134 valence electrons. The van der Waals surface area contributed by atoms with E-state index < -0.39 is 0 Å². The van der Waals surface area contributed by atoms with Crippen molar-refractivity contribution < 1.29 is 0 Å². The Bertz CT molecular complexity index is 650. The molecule has 3 heterocycles. The van der Waals surface area contributed by atoms with Gasteiger partial charge in [0.1, 0.15) is 0 Å². The van der Waals surface area contributed by atoms with Crippen molar-refractivity contribution in [2.75, 3.05) is 19.6 Å². The highest BCUT2D eigenvalue weighted by atomic mass is 15.3. The Labute approximate surface area is 151 Å². The zero-order chi connectivity index (χ0) is 16.9. The second-order valence-electron chi connectivity index (χ2n) is 7.60. The van der Waals surface area contributed by atoms with Crippen molar-refractivity contribution in [1.82, 2.24) is 20.0 Å².